The van der Waals surface area contributed by atoms with E-state index in [0.29, 0.717) is 12.8 Å². The van der Waals surface area contributed by atoms with Gasteiger partial charge in [-0.25, -0.2) is 4.79 Å². The number of nitrogens with zero attached hydrogens (tertiary/aromatic N) is 1. The van der Waals surface area contributed by atoms with Crippen LogP contribution >= 0.6 is 0 Å². The zero-order chi connectivity index (χ0) is 14.7. The predicted octanol–water partition coefficient (Wildman–Crippen LogP) is 2.71. The van der Waals surface area contributed by atoms with Crippen molar-refractivity contribution in [1.29, 1.82) is 0 Å². The normalized spacial score (nSPS) is 41.5. The fraction of sp³-hybridized carbons (Fsp3) is 0.800. The standard InChI is InChI=1S/C15H25NO3/c1-12(2,3)15(18)9-13(4)7-8-14(5,10-15)16(13)11(17)19-6/h7-8,18H,9-10H2,1-6H3/t13-,14+,15+. The van der Waals surface area contributed by atoms with Crippen molar-refractivity contribution in [2.24, 2.45) is 5.41 Å². The molecule has 19 heavy (non-hydrogen) atoms. The number of carbonyl (C=O) groups is 1. The Morgan fingerprint density at radius 3 is 1.95 bits per heavy atom. The summed E-state index contributed by atoms with van der Waals surface area (Å²) in [6.45, 7) is 10.1. The summed E-state index contributed by atoms with van der Waals surface area (Å²) < 4.78 is 4.92. The van der Waals surface area contributed by atoms with Crippen LogP contribution in [0.15, 0.2) is 12.2 Å². The number of amides is 1. The van der Waals surface area contributed by atoms with Gasteiger partial charge >= 0.3 is 6.09 Å². The SMILES string of the molecule is COC(=O)N1[C@@]2(C)C=C[C@]1(C)C[C@@](O)(C(C)(C)C)C2. The quantitative estimate of drug-likeness (QED) is 0.687. The van der Waals surface area contributed by atoms with Crippen molar-refractivity contribution in [2.45, 2.75) is 64.1 Å². The van der Waals surface area contributed by atoms with E-state index in [0.717, 1.165) is 0 Å². The number of hydrogen-bond donors (Lipinski definition) is 1. The Kier molecular flexibility index (Phi) is 2.84. The first-order valence-electron chi connectivity index (χ1n) is 6.79. The van der Waals surface area contributed by atoms with E-state index in [2.05, 4.69) is 0 Å². The van der Waals surface area contributed by atoms with Crippen LogP contribution < -0.4 is 0 Å². The molecule has 0 spiro atoms. The van der Waals surface area contributed by atoms with E-state index < -0.39 is 16.7 Å². The first-order chi connectivity index (χ1) is 8.47. The maximum absolute atomic E-state index is 12.1. The molecular weight excluding hydrogens is 242 g/mol. The molecule has 1 N–H and O–H groups in total. The van der Waals surface area contributed by atoms with E-state index >= 15 is 0 Å². The van der Waals surface area contributed by atoms with Gasteiger partial charge in [0.1, 0.15) is 0 Å². The lowest BCUT2D eigenvalue weighted by atomic mass is 9.63. The van der Waals surface area contributed by atoms with Crippen molar-refractivity contribution in [3.63, 3.8) is 0 Å². The van der Waals surface area contributed by atoms with E-state index in [4.69, 9.17) is 4.74 Å². The third kappa shape index (κ3) is 1.88. The van der Waals surface area contributed by atoms with E-state index in [1.165, 1.54) is 7.11 Å². The van der Waals surface area contributed by atoms with Gasteiger partial charge in [0.2, 0.25) is 0 Å². The summed E-state index contributed by atoms with van der Waals surface area (Å²) in [6.07, 6.45) is 4.81. The minimum atomic E-state index is -0.801. The molecule has 2 bridgehead atoms. The molecule has 2 rings (SSSR count). The molecule has 2 aliphatic rings. The number of carbonyl (C=O) groups excluding carboxylic acids is 1. The second-order valence-electron chi connectivity index (χ2n) is 7.49. The number of aliphatic hydroxyl groups is 1. The number of piperidine rings is 1. The molecule has 2 aliphatic heterocycles. The van der Waals surface area contributed by atoms with E-state index in [9.17, 15) is 9.90 Å². The molecular formula is C15H25NO3. The molecule has 0 aromatic rings. The van der Waals surface area contributed by atoms with Gasteiger partial charge in [0.15, 0.2) is 0 Å². The molecule has 2 heterocycles. The van der Waals surface area contributed by atoms with Gasteiger partial charge in [-0.2, -0.15) is 0 Å². The Bertz CT molecular complexity index is 415. The average Bonchev–Trinajstić information content (AvgIpc) is 2.40. The number of hydrogen-bond acceptors (Lipinski definition) is 3. The second kappa shape index (κ2) is 3.75. The second-order valence-corrected chi connectivity index (χ2v) is 7.49. The first kappa shape index (κ1) is 14.4. The Morgan fingerprint density at radius 1 is 1.21 bits per heavy atom. The molecule has 108 valence electrons. The van der Waals surface area contributed by atoms with Crippen molar-refractivity contribution in [1.82, 2.24) is 4.90 Å². The number of methoxy groups -OCH3 is 1. The number of rotatable bonds is 0. The Balaban J connectivity index is 2.45. The molecule has 4 heteroatoms. The molecule has 0 aromatic heterocycles. The van der Waals surface area contributed by atoms with Gasteiger partial charge in [0.25, 0.3) is 0 Å². The Labute approximate surface area is 115 Å². The highest BCUT2D eigenvalue weighted by Crippen LogP contribution is 2.54. The summed E-state index contributed by atoms with van der Waals surface area (Å²) in [5, 5.41) is 11.1. The van der Waals surface area contributed by atoms with Crippen LogP contribution in [0.3, 0.4) is 0 Å². The van der Waals surface area contributed by atoms with Crippen molar-refractivity contribution in [3.8, 4) is 0 Å². The molecule has 1 amide bonds. The summed E-state index contributed by atoms with van der Waals surface area (Å²) in [7, 11) is 1.40. The van der Waals surface area contributed by atoms with Gasteiger partial charge in [-0.15, -0.1) is 0 Å². The van der Waals surface area contributed by atoms with Crippen LogP contribution in [-0.4, -0.2) is 39.9 Å². The van der Waals surface area contributed by atoms with Gasteiger partial charge in [-0.1, -0.05) is 32.9 Å². The van der Waals surface area contributed by atoms with Crippen molar-refractivity contribution >= 4 is 6.09 Å². The molecule has 0 aliphatic carbocycles. The summed E-state index contributed by atoms with van der Waals surface area (Å²) in [5.74, 6) is 0. The van der Waals surface area contributed by atoms with Gasteiger partial charge in [-0.05, 0) is 19.3 Å². The summed E-state index contributed by atoms with van der Waals surface area (Å²) in [6, 6.07) is 0. The van der Waals surface area contributed by atoms with E-state index in [1.54, 1.807) is 4.90 Å². The van der Waals surface area contributed by atoms with Gasteiger partial charge in [-0.3, -0.25) is 4.90 Å². The van der Waals surface area contributed by atoms with E-state index in [-0.39, 0.29) is 11.5 Å². The zero-order valence-electron chi connectivity index (χ0n) is 12.8. The predicted molar refractivity (Wildman–Crippen MR) is 73.8 cm³/mol. The molecule has 3 atom stereocenters. The lowest BCUT2D eigenvalue weighted by Crippen LogP contribution is -2.67. The van der Waals surface area contributed by atoms with Crippen molar-refractivity contribution in [3.05, 3.63) is 12.2 Å². The van der Waals surface area contributed by atoms with Gasteiger partial charge < -0.3 is 9.84 Å². The smallest absolute Gasteiger partial charge is 0.410 e. The minimum absolute atomic E-state index is 0.232. The molecule has 1 fully saturated rings. The topological polar surface area (TPSA) is 49.8 Å². The van der Waals surface area contributed by atoms with Crippen LogP contribution in [0.1, 0.15) is 47.5 Å². The lowest BCUT2D eigenvalue weighted by molar-refractivity contribution is -0.147. The monoisotopic (exact) mass is 267 g/mol. The molecule has 1 saturated heterocycles. The minimum Gasteiger partial charge on any atom is -0.453 e. The summed E-state index contributed by atoms with van der Waals surface area (Å²) >= 11 is 0. The molecule has 4 nitrogen and oxygen atoms in total. The fourth-order valence-corrected chi connectivity index (χ4v) is 3.65. The van der Waals surface area contributed by atoms with Crippen LogP contribution in [0.2, 0.25) is 0 Å². The summed E-state index contributed by atoms with van der Waals surface area (Å²) in [4.78, 5) is 13.8. The van der Waals surface area contributed by atoms with Crippen LogP contribution in [0.4, 0.5) is 4.79 Å². The van der Waals surface area contributed by atoms with Crippen LogP contribution in [0, 0.1) is 5.41 Å². The first-order valence-corrected chi connectivity index (χ1v) is 6.79. The largest absolute Gasteiger partial charge is 0.453 e. The molecule has 0 aromatic carbocycles. The number of fused-ring (bicyclic) bond motifs is 2. The third-order valence-corrected chi connectivity index (χ3v) is 4.88. The highest BCUT2D eigenvalue weighted by molar-refractivity contribution is 5.72. The third-order valence-electron chi connectivity index (χ3n) is 4.88. The number of ether oxygens (including phenoxy) is 1. The highest BCUT2D eigenvalue weighted by Gasteiger charge is 2.62. The van der Waals surface area contributed by atoms with Crippen LogP contribution in [-0.2, 0) is 4.74 Å². The fourth-order valence-electron chi connectivity index (χ4n) is 3.65. The van der Waals surface area contributed by atoms with Crippen LogP contribution in [0.25, 0.3) is 0 Å². The van der Waals surface area contributed by atoms with Gasteiger partial charge in [0, 0.05) is 12.8 Å². The Hall–Kier alpha value is -1.03. The lowest BCUT2D eigenvalue weighted by Gasteiger charge is -2.57. The maximum Gasteiger partial charge on any atom is 0.410 e. The highest BCUT2D eigenvalue weighted by atomic mass is 16.5. The van der Waals surface area contributed by atoms with Gasteiger partial charge in [0.05, 0.1) is 23.8 Å². The average molecular weight is 267 g/mol. The molecule has 0 unspecified atom stereocenters. The molecule has 0 saturated carbocycles. The summed E-state index contributed by atoms with van der Waals surface area (Å²) in [5.41, 5.74) is -2.00. The van der Waals surface area contributed by atoms with Crippen LogP contribution in [0.5, 0.6) is 0 Å². The van der Waals surface area contributed by atoms with Crippen molar-refractivity contribution in [2.75, 3.05) is 7.11 Å². The Morgan fingerprint density at radius 2 is 1.63 bits per heavy atom. The zero-order valence-corrected chi connectivity index (χ0v) is 12.8. The van der Waals surface area contributed by atoms with E-state index in [1.807, 2.05) is 46.8 Å². The maximum atomic E-state index is 12.1. The molecule has 0 radical (unpaired) electrons. The van der Waals surface area contributed by atoms with Crippen molar-refractivity contribution < 1.29 is 14.6 Å².